The Balaban J connectivity index is 1.55. The maximum absolute atomic E-state index is 12.9. The van der Waals surface area contributed by atoms with Gasteiger partial charge in [-0.15, -0.1) is 0 Å². The lowest BCUT2D eigenvalue weighted by Crippen LogP contribution is -2.41. The van der Waals surface area contributed by atoms with Gasteiger partial charge in [0.15, 0.2) is 0 Å². The first kappa shape index (κ1) is 18.8. The number of nitrogens with zero attached hydrogens (tertiary/aromatic N) is 2. The second-order valence-corrected chi connectivity index (χ2v) is 6.73. The third-order valence-corrected chi connectivity index (χ3v) is 4.74. The number of amides is 4. The summed E-state index contributed by atoms with van der Waals surface area (Å²) >= 11 is 0.789. The molecule has 27 heavy (non-hydrogen) atoms. The molecule has 1 aromatic rings. The molecule has 0 spiro atoms. The highest BCUT2D eigenvalue weighted by Gasteiger charge is 2.34. The molecule has 0 aromatic heterocycles. The Morgan fingerprint density at radius 3 is 2.67 bits per heavy atom. The van der Waals surface area contributed by atoms with Crippen LogP contribution < -0.4 is 10.7 Å². The molecule has 0 radical (unpaired) electrons. The number of rotatable bonds is 5. The van der Waals surface area contributed by atoms with Gasteiger partial charge in [-0.25, -0.2) is 9.82 Å². The molecule has 2 aliphatic rings. The minimum absolute atomic E-state index is 0.0107. The quantitative estimate of drug-likeness (QED) is 0.736. The molecule has 0 atom stereocenters. The highest BCUT2D eigenvalue weighted by Crippen LogP contribution is 2.31. The van der Waals surface area contributed by atoms with Crippen molar-refractivity contribution in [3.05, 3.63) is 40.6 Å². The van der Waals surface area contributed by atoms with Crippen molar-refractivity contribution in [2.45, 2.75) is 12.8 Å². The number of carbonyl (C=O) groups excluding carboxylic acids is 4. The predicted molar refractivity (Wildman–Crippen MR) is 96.9 cm³/mol. The molecule has 0 saturated carbocycles. The summed E-state index contributed by atoms with van der Waals surface area (Å²) in [4.78, 5) is 48.6. The van der Waals surface area contributed by atoms with Crippen LogP contribution in [0.1, 0.15) is 18.4 Å². The minimum Gasteiger partial charge on any atom is -0.349 e. The number of hydrazone groups is 1. The number of benzene rings is 1. The van der Waals surface area contributed by atoms with Crippen molar-refractivity contribution in [1.82, 2.24) is 15.6 Å². The highest BCUT2D eigenvalue weighted by molar-refractivity contribution is 8.18. The van der Waals surface area contributed by atoms with Crippen LogP contribution in [0.5, 0.6) is 0 Å². The Morgan fingerprint density at radius 2 is 2.00 bits per heavy atom. The molecule has 140 valence electrons. The number of hydrogen-bond acceptors (Lipinski definition) is 6. The summed E-state index contributed by atoms with van der Waals surface area (Å²) in [6.07, 6.45) is 1.94. The first-order chi connectivity index (χ1) is 12.9. The fourth-order valence-electron chi connectivity index (χ4n) is 2.42. The Bertz CT molecular complexity index is 866. The molecule has 2 heterocycles. The summed E-state index contributed by atoms with van der Waals surface area (Å²) in [5.41, 5.74) is 3.02. The monoisotopic (exact) mass is 390 g/mol. The second-order valence-electron chi connectivity index (χ2n) is 5.73. The molecule has 10 heteroatoms. The lowest BCUT2D eigenvalue weighted by Gasteiger charge is -2.14. The van der Waals surface area contributed by atoms with E-state index in [0.29, 0.717) is 5.56 Å². The van der Waals surface area contributed by atoms with Crippen molar-refractivity contribution in [1.29, 1.82) is 0 Å². The highest BCUT2D eigenvalue weighted by atomic mass is 32.2. The normalized spacial score (nSPS) is 18.6. The number of hydrogen-bond donors (Lipinski definition) is 2. The van der Waals surface area contributed by atoms with Gasteiger partial charge in [0.1, 0.15) is 11.5 Å². The Labute approximate surface area is 157 Å². The summed E-state index contributed by atoms with van der Waals surface area (Å²) in [6.45, 7) is 0.0739. The van der Waals surface area contributed by atoms with Crippen LogP contribution in [-0.2, 0) is 14.4 Å². The van der Waals surface area contributed by atoms with E-state index in [4.69, 9.17) is 0 Å². The largest absolute Gasteiger partial charge is 0.349 e. The van der Waals surface area contributed by atoms with Gasteiger partial charge in [0.25, 0.3) is 17.1 Å². The van der Waals surface area contributed by atoms with Crippen LogP contribution in [0.2, 0.25) is 0 Å². The van der Waals surface area contributed by atoms with Gasteiger partial charge in [0.2, 0.25) is 5.91 Å². The van der Waals surface area contributed by atoms with Crippen molar-refractivity contribution >= 4 is 46.5 Å². The molecule has 0 aliphatic carbocycles. The van der Waals surface area contributed by atoms with Crippen molar-refractivity contribution in [2.24, 2.45) is 5.10 Å². The van der Waals surface area contributed by atoms with E-state index in [1.165, 1.54) is 30.3 Å². The SMILES string of the molecule is O=C1CCC(C(=O)NCCN2C(=O)S/C(=C\c3ccc(F)cc3)C2=O)=NN1. The van der Waals surface area contributed by atoms with Crippen LogP contribution in [0.15, 0.2) is 34.3 Å². The van der Waals surface area contributed by atoms with Gasteiger partial charge in [-0.1, -0.05) is 12.1 Å². The third kappa shape index (κ3) is 4.59. The molecular weight excluding hydrogens is 375 g/mol. The van der Waals surface area contributed by atoms with Crippen molar-refractivity contribution < 1.29 is 23.6 Å². The van der Waals surface area contributed by atoms with Gasteiger partial charge in [-0.3, -0.25) is 24.1 Å². The molecular formula is C17H15FN4O4S. The fourth-order valence-corrected chi connectivity index (χ4v) is 3.29. The van der Waals surface area contributed by atoms with E-state index in [1.54, 1.807) is 0 Å². The maximum atomic E-state index is 12.9. The average molecular weight is 390 g/mol. The number of imide groups is 1. The van der Waals surface area contributed by atoms with Crippen molar-refractivity contribution in [3.8, 4) is 0 Å². The number of halogens is 1. The maximum Gasteiger partial charge on any atom is 0.293 e. The standard InChI is InChI=1S/C17H15FN4O4S/c18-11-3-1-10(2-4-11)9-13-16(25)22(17(26)27-13)8-7-19-15(24)12-5-6-14(23)21-20-12/h1-4,9H,5-8H2,(H,19,24)(H,21,23)/b13-9-. The van der Waals surface area contributed by atoms with Crippen LogP contribution in [0, 0.1) is 5.82 Å². The molecule has 8 nitrogen and oxygen atoms in total. The predicted octanol–water partition coefficient (Wildman–Crippen LogP) is 1.24. The number of nitrogens with one attached hydrogen (secondary N) is 2. The van der Waals surface area contributed by atoms with Gasteiger partial charge < -0.3 is 5.32 Å². The van der Waals surface area contributed by atoms with Crippen molar-refractivity contribution in [3.63, 3.8) is 0 Å². The zero-order valence-electron chi connectivity index (χ0n) is 14.0. The molecule has 2 aliphatic heterocycles. The van der Waals surface area contributed by atoms with Gasteiger partial charge in [-0.2, -0.15) is 5.10 Å². The first-order valence-corrected chi connectivity index (χ1v) is 8.90. The average Bonchev–Trinajstić information content (AvgIpc) is 2.91. The van der Waals surface area contributed by atoms with E-state index >= 15 is 0 Å². The van der Waals surface area contributed by atoms with E-state index in [2.05, 4.69) is 15.8 Å². The summed E-state index contributed by atoms with van der Waals surface area (Å²) in [5.74, 6) is -1.56. The van der Waals surface area contributed by atoms with Gasteiger partial charge in [0.05, 0.1) is 4.91 Å². The van der Waals surface area contributed by atoms with Crippen LogP contribution in [0.3, 0.4) is 0 Å². The van der Waals surface area contributed by atoms with Crippen LogP contribution in [-0.4, -0.2) is 46.7 Å². The van der Waals surface area contributed by atoms with Crippen molar-refractivity contribution in [2.75, 3.05) is 13.1 Å². The summed E-state index contributed by atoms with van der Waals surface area (Å²) in [7, 11) is 0. The lowest BCUT2D eigenvalue weighted by molar-refractivity contribution is -0.123. The lowest BCUT2D eigenvalue weighted by atomic mass is 10.1. The van der Waals surface area contributed by atoms with Gasteiger partial charge in [0, 0.05) is 25.9 Å². The van der Waals surface area contributed by atoms with Gasteiger partial charge in [-0.05, 0) is 35.5 Å². The Morgan fingerprint density at radius 1 is 1.26 bits per heavy atom. The van der Waals surface area contributed by atoms with Gasteiger partial charge >= 0.3 is 0 Å². The molecule has 0 bridgehead atoms. The minimum atomic E-state index is -0.467. The molecule has 1 aromatic carbocycles. The zero-order valence-corrected chi connectivity index (χ0v) is 14.8. The molecule has 2 N–H and O–H groups in total. The van der Waals surface area contributed by atoms with Crippen LogP contribution in [0.4, 0.5) is 9.18 Å². The topological polar surface area (TPSA) is 108 Å². The van der Waals surface area contributed by atoms with E-state index in [9.17, 15) is 23.6 Å². The number of carbonyl (C=O) groups is 4. The smallest absolute Gasteiger partial charge is 0.293 e. The fraction of sp³-hybridized carbons (Fsp3) is 0.235. The third-order valence-electron chi connectivity index (χ3n) is 3.83. The van der Waals surface area contributed by atoms with Crippen LogP contribution in [0.25, 0.3) is 6.08 Å². The van der Waals surface area contributed by atoms with E-state index < -0.39 is 22.9 Å². The number of thioether (sulfide) groups is 1. The summed E-state index contributed by atoms with van der Waals surface area (Å²) in [5, 5.41) is 5.80. The Kier molecular flexibility index (Phi) is 5.65. The molecule has 4 amide bonds. The zero-order chi connectivity index (χ0) is 19.4. The van der Waals surface area contributed by atoms with E-state index in [1.807, 2.05) is 0 Å². The first-order valence-electron chi connectivity index (χ1n) is 8.08. The molecule has 1 fully saturated rings. The Hall–Kier alpha value is -3.01. The summed E-state index contributed by atoms with van der Waals surface area (Å²) < 4.78 is 12.9. The van der Waals surface area contributed by atoms with E-state index in [-0.39, 0.29) is 42.5 Å². The summed E-state index contributed by atoms with van der Waals surface area (Å²) in [6, 6.07) is 5.55. The van der Waals surface area contributed by atoms with E-state index in [0.717, 1.165) is 16.7 Å². The molecule has 1 saturated heterocycles. The van der Waals surface area contributed by atoms with Crippen LogP contribution >= 0.6 is 11.8 Å². The molecule has 3 rings (SSSR count). The second kappa shape index (κ2) is 8.12. The molecule has 0 unspecified atom stereocenters.